The Morgan fingerprint density at radius 2 is 0.750 bits per heavy atom. The highest BCUT2D eigenvalue weighted by atomic mass is 32.1. The monoisotopic (exact) mass is 678 g/mol. The second kappa shape index (κ2) is 13.1. The number of hydrogen-bond donors (Lipinski definition) is 4. The van der Waals surface area contributed by atoms with Gasteiger partial charge in [0.25, 0.3) is 0 Å². The number of thiocarbonyl (C=S) groups is 2. The summed E-state index contributed by atoms with van der Waals surface area (Å²) in [6.45, 7) is -0.172. The van der Waals surface area contributed by atoms with Crippen LogP contribution in [0.4, 0.5) is 64.1 Å². The van der Waals surface area contributed by atoms with E-state index >= 15 is 0 Å². The van der Waals surface area contributed by atoms with Crippen molar-refractivity contribution in [1.82, 2.24) is 10.6 Å². The molecule has 0 aromatic heterocycles. The van der Waals surface area contributed by atoms with Gasteiger partial charge in [0.1, 0.15) is 0 Å². The molecule has 0 aliphatic heterocycles. The molecule has 0 spiro atoms. The highest BCUT2D eigenvalue weighted by molar-refractivity contribution is 7.80. The molecule has 3 aromatic rings. The van der Waals surface area contributed by atoms with E-state index in [-0.39, 0.29) is 35.4 Å². The Hall–Kier alpha value is -3.80. The summed E-state index contributed by atoms with van der Waals surface area (Å²) in [5.74, 6) is 0. The van der Waals surface area contributed by atoms with Gasteiger partial charge in [0.15, 0.2) is 10.2 Å². The molecule has 0 saturated carbocycles. The molecule has 0 amide bonds. The van der Waals surface area contributed by atoms with E-state index in [0.717, 1.165) is 0 Å². The molecule has 0 unspecified atom stereocenters. The number of hydrogen-bond acceptors (Lipinski definition) is 2. The van der Waals surface area contributed by atoms with Gasteiger partial charge in [0.05, 0.1) is 22.3 Å². The Balaban J connectivity index is 1.67. The predicted molar refractivity (Wildman–Crippen MR) is 145 cm³/mol. The summed E-state index contributed by atoms with van der Waals surface area (Å²) in [4.78, 5) is 0. The van der Waals surface area contributed by atoms with Crippen molar-refractivity contribution in [1.29, 1.82) is 0 Å². The van der Waals surface area contributed by atoms with Crippen molar-refractivity contribution >= 4 is 46.0 Å². The predicted octanol–water partition coefficient (Wildman–Crippen LogP) is 8.73. The lowest BCUT2D eigenvalue weighted by atomic mass is 10.1. The second-order valence-electron chi connectivity index (χ2n) is 8.97. The van der Waals surface area contributed by atoms with Gasteiger partial charge in [-0.1, -0.05) is 24.3 Å². The SMILES string of the molecule is FC(F)(F)c1cc(NC(=S)NCc2ccccc2CNC(=S)Nc2cc(C(F)(F)F)cc(C(F)(F)F)c2)cc(C(F)(F)F)c1. The maximum Gasteiger partial charge on any atom is 0.416 e. The molecule has 3 rings (SSSR count). The van der Waals surface area contributed by atoms with Gasteiger partial charge in [0, 0.05) is 24.5 Å². The summed E-state index contributed by atoms with van der Waals surface area (Å²) < 4.78 is 157. The van der Waals surface area contributed by atoms with E-state index in [1.807, 2.05) is 0 Å². The number of benzene rings is 3. The van der Waals surface area contributed by atoms with Crippen LogP contribution in [0.15, 0.2) is 60.7 Å². The van der Waals surface area contributed by atoms with E-state index in [2.05, 4.69) is 21.3 Å². The minimum Gasteiger partial charge on any atom is -0.358 e. The van der Waals surface area contributed by atoms with Crippen molar-refractivity contribution in [2.75, 3.05) is 10.6 Å². The fraction of sp³-hybridized carbons (Fsp3) is 0.231. The minimum absolute atomic E-state index is 0.0353. The third kappa shape index (κ3) is 9.87. The molecule has 18 heteroatoms. The Morgan fingerprint density at radius 1 is 0.477 bits per heavy atom. The lowest BCUT2D eigenvalue weighted by Gasteiger charge is -2.18. The molecular weight excluding hydrogens is 660 g/mol. The second-order valence-corrected chi connectivity index (χ2v) is 9.79. The van der Waals surface area contributed by atoms with Crippen LogP contribution in [0.3, 0.4) is 0 Å². The van der Waals surface area contributed by atoms with E-state index in [1.54, 1.807) is 24.3 Å². The zero-order valence-electron chi connectivity index (χ0n) is 21.5. The molecule has 0 aliphatic rings. The van der Waals surface area contributed by atoms with Crippen LogP contribution in [0.5, 0.6) is 0 Å². The quantitative estimate of drug-likeness (QED) is 0.155. The molecule has 3 aromatic carbocycles. The zero-order valence-corrected chi connectivity index (χ0v) is 23.2. The normalized spacial score (nSPS) is 12.5. The van der Waals surface area contributed by atoms with Crippen molar-refractivity contribution in [2.24, 2.45) is 0 Å². The molecule has 4 N–H and O–H groups in total. The summed E-state index contributed by atoms with van der Waals surface area (Å²) in [6.07, 6.45) is -20.2. The van der Waals surface area contributed by atoms with Crippen LogP contribution in [0, 0.1) is 0 Å². The molecule has 0 heterocycles. The van der Waals surface area contributed by atoms with Crippen LogP contribution in [-0.4, -0.2) is 10.2 Å². The largest absolute Gasteiger partial charge is 0.416 e. The van der Waals surface area contributed by atoms with Crippen LogP contribution in [0.2, 0.25) is 0 Å². The maximum absolute atomic E-state index is 13.1. The fourth-order valence-electron chi connectivity index (χ4n) is 3.66. The number of halogens is 12. The van der Waals surface area contributed by atoms with E-state index in [1.165, 1.54) is 0 Å². The van der Waals surface area contributed by atoms with Crippen LogP contribution >= 0.6 is 24.4 Å². The van der Waals surface area contributed by atoms with Crippen LogP contribution in [0.1, 0.15) is 33.4 Å². The van der Waals surface area contributed by atoms with Crippen molar-refractivity contribution in [3.8, 4) is 0 Å². The summed E-state index contributed by atoms with van der Waals surface area (Å²) in [5, 5.41) is 9.20. The average molecular weight is 679 g/mol. The van der Waals surface area contributed by atoms with Gasteiger partial charge in [-0.3, -0.25) is 0 Å². The van der Waals surface area contributed by atoms with Crippen LogP contribution in [-0.2, 0) is 37.8 Å². The van der Waals surface area contributed by atoms with Gasteiger partial charge in [-0.05, 0) is 72.0 Å². The van der Waals surface area contributed by atoms with Crippen LogP contribution in [0.25, 0.3) is 0 Å². The molecule has 238 valence electrons. The first kappa shape index (κ1) is 34.7. The number of alkyl halides is 12. The van der Waals surface area contributed by atoms with Gasteiger partial charge < -0.3 is 21.3 Å². The lowest BCUT2D eigenvalue weighted by molar-refractivity contribution is -0.144. The molecule has 4 nitrogen and oxygen atoms in total. The Labute approximate surface area is 251 Å². The summed E-state index contributed by atoms with van der Waals surface area (Å²) in [5.41, 5.74) is -6.30. The number of nitrogens with one attached hydrogen (secondary N) is 4. The van der Waals surface area contributed by atoms with E-state index < -0.39 is 58.3 Å². The molecule has 0 bridgehead atoms. The summed E-state index contributed by atoms with van der Waals surface area (Å²) >= 11 is 10.0. The molecule has 0 saturated heterocycles. The molecule has 0 fully saturated rings. The van der Waals surface area contributed by atoms with E-state index in [4.69, 9.17) is 24.4 Å². The van der Waals surface area contributed by atoms with Crippen molar-refractivity contribution in [2.45, 2.75) is 37.8 Å². The van der Waals surface area contributed by atoms with Gasteiger partial charge in [-0.25, -0.2) is 0 Å². The Morgan fingerprint density at radius 3 is 1.00 bits per heavy atom. The average Bonchev–Trinajstić information content (AvgIpc) is 2.89. The molecular formula is C26H18F12N4S2. The van der Waals surface area contributed by atoms with Gasteiger partial charge in [-0.2, -0.15) is 52.7 Å². The van der Waals surface area contributed by atoms with E-state index in [9.17, 15) is 52.7 Å². The Kier molecular flexibility index (Phi) is 10.3. The first-order chi connectivity index (χ1) is 20.1. The standard InChI is InChI=1S/C26H18F12N4S2/c27-23(28,29)15-5-16(24(30,31)32)8-19(7-15)41-21(43)39-11-13-3-1-2-4-14(13)12-40-22(44)42-20-9-17(25(33,34)35)6-18(10-20)26(36,37)38/h1-10H,11-12H2,(H2,39,41,43)(H2,40,42,44). The first-order valence-corrected chi connectivity index (χ1v) is 12.7. The van der Waals surface area contributed by atoms with Crippen molar-refractivity contribution in [3.05, 3.63) is 94.0 Å². The Bertz CT molecular complexity index is 1340. The molecule has 0 atom stereocenters. The zero-order chi connectivity index (χ0) is 33.1. The third-order valence-corrected chi connectivity index (χ3v) is 6.18. The van der Waals surface area contributed by atoms with Crippen molar-refractivity contribution < 1.29 is 52.7 Å². The lowest BCUT2D eigenvalue weighted by Crippen LogP contribution is -2.30. The first-order valence-electron chi connectivity index (χ1n) is 11.9. The van der Waals surface area contributed by atoms with Crippen molar-refractivity contribution in [3.63, 3.8) is 0 Å². The van der Waals surface area contributed by atoms with Gasteiger partial charge >= 0.3 is 24.7 Å². The minimum atomic E-state index is -5.06. The fourth-order valence-corrected chi connectivity index (χ4v) is 4.04. The molecule has 0 radical (unpaired) electrons. The molecule has 0 aliphatic carbocycles. The highest BCUT2D eigenvalue weighted by Crippen LogP contribution is 2.39. The summed E-state index contributed by atoms with van der Waals surface area (Å²) in [7, 11) is 0. The smallest absolute Gasteiger partial charge is 0.358 e. The molecule has 44 heavy (non-hydrogen) atoms. The van der Waals surface area contributed by atoms with E-state index in [0.29, 0.717) is 35.4 Å². The highest BCUT2D eigenvalue weighted by Gasteiger charge is 2.38. The van der Waals surface area contributed by atoms with Gasteiger partial charge in [-0.15, -0.1) is 0 Å². The number of anilines is 2. The third-order valence-electron chi connectivity index (χ3n) is 5.69. The number of rotatable bonds is 6. The summed E-state index contributed by atoms with van der Waals surface area (Å²) in [6, 6.07) is 8.10. The van der Waals surface area contributed by atoms with Crippen LogP contribution < -0.4 is 21.3 Å². The van der Waals surface area contributed by atoms with Gasteiger partial charge in [0.2, 0.25) is 0 Å². The maximum atomic E-state index is 13.1. The topological polar surface area (TPSA) is 48.1 Å².